The maximum absolute atomic E-state index is 5.57. The summed E-state index contributed by atoms with van der Waals surface area (Å²) in [5.74, 6) is 2.23. The Morgan fingerprint density at radius 1 is 1.00 bits per heavy atom. The molecule has 33 heavy (non-hydrogen) atoms. The lowest BCUT2D eigenvalue weighted by Gasteiger charge is -2.28. The molecule has 0 saturated carbocycles. The van der Waals surface area contributed by atoms with Crippen molar-refractivity contribution < 1.29 is 9.47 Å². The lowest BCUT2D eigenvalue weighted by molar-refractivity contribution is 0.122. The highest BCUT2D eigenvalue weighted by molar-refractivity contribution is 5.87. The average molecular weight is 444 g/mol. The number of pyridine rings is 1. The van der Waals surface area contributed by atoms with Crippen molar-refractivity contribution >= 4 is 22.6 Å². The first kappa shape index (κ1) is 20.0. The van der Waals surface area contributed by atoms with Gasteiger partial charge in [0, 0.05) is 44.3 Å². The van der Waals surface area contributed by atoms with Crippen molar-refractivity contribution in [3.05, 3.63) is 48.7 Å². The molecule has 0 amide bonds. The van der Waals surface area contributed by atoms with E-state index in [0.717, 1.165) is 53.6 Å². The van der Waals surface area contributed by atoms with E-state index in [1.807, 2.05) is 36.0 Å². The van der Waals surface area contributed by atoms with E-state index in [-0.39, 0.29) is 0 Å². The summed E-state index contributed by atoms with van der Waals surface area (Å²) in [6, 6.07) is 5.83. The maximum Gasteiger partial charge on any atom is 0.254 e. The van der Waals surface area contributed by atoms with Crippen LogP contribution in [-0.2, 0) is 16.5 Å². The molecule has 1 fully saturated rings. The highest BCUT2D eigenvalue weighted by Crippen LogP contribution is 2.30. The van der Waals surface area contributed by atoms with Crippen molar-refractivity contribution in [1.82, 2.24) is 34.3 Å². The van der Waals surface area contributed by atoms with E-state index in [0.29, 0.717) is 32.4 Å². The van der Waals surface area contributed by atoms with Crippen molar-refractivity contribution in [3.63, 3.8) is 0 Å². The van der Waals surface area contributed by atoms with Gasteiger partial charge in [-0.2, -0.15) is 15.1 Å². The third kappa shape index (κ3) is 3.66. The molecule has 10 heteroatoms. The number of hydrogen-bond acceptors (Lipinski definition) is 8. The maximum atomic E-state index is 5.57. The minimum absolute atomic E-state index is 0.509. The van der Waals surface area contributed by atoms with Crippen LogP contribution in [0.25, 0.3) is 33.9 Å². The first-order chi connectivity index (χ1) is 16.3. The minimum atomic E-state index is 0.509. The van der Waals surface area contributed by atoms with Crippen LogP contribution < -0.4 is 4.90 Å². The lowest BCUT2D eigenvalue weighted by atomic mass is 10.1. The number of aryl methyl sites for hydroxylation is 1. The quantitative estimate of drug-likeness (QED) is 0.473. The van der Waals surface area contributed by atoms with Gasteiger partial charge < -0.3 is 18.9 Å². The van der Waals surface area contributed by atoms with Crippen molar-refractivity contribution in [3.8, 4) is 17.2 Å². The first-order valence-electron chi connectivity index (χ1n) is 11.1. The van der Waals surface area contributed by atoms with E-state index < -0.39 is 0 Å². The second-order valence-corrected chi connectivity index (χ2v) is 8.05. The van der Waals surface area contributed by atoms with Crippen LogP contribution >= 0.6 is 0 Å². The molecule has 0 aromatic carbocycles. The zero-order valence-corrected chi connectivity index (χ0v) is 18.4. The van der Waals surface area contributed by atoms with E-state index in [1.165, 1.54) is 5.57 Å². The predicted octanol–water partition coefficient (Wildman–Crippen LogP) is 2.25. The largest absolute Gasteiger partial charge is 0.378 e. The number of anilines is 1. The van der Waals surface area contributed by atoms with Gasteiger partial charge in [-0.3, -0.25) is 4.98 Å². The van der Waals surface area contributed by atoms with E-state index >= 15 is 0 Å². The van der Waals surface area contributed by atoms with Crippen molar-refractivity contribution in [2.45, 2.75) is 6.42 Å². The molecule has 2 aliphatic heterocycles. The molecular formula is C23H24N8O2. The number of morpholine rings is 1. The zero-order valence-electron chi connectivity index (χ0n) is 18.4. The SMILES string of the molecule is Cn1c(C2=CCOCC2)nc2c(N3CCOCC3)nc(-n3ccc(-c4cccnc4)n3)nc21. The van der Waals surface area contributed by atoms with Crippen LogP contribution in [0.5, 0.6) is 0 Å². The predicted molar refractivity (Wildman–Crippen MR) is 123 cm³/mol. The van der Waals surface area contributed by atoms with Crippen LogP contribution in [0.1, 0.15) is 12.2 Å². The molecule has 4 aromatic rings. The molecule has 0 aliphatic carbocycles. The van der Waals surface area contributed by atoms with Gasteiger partial charge in [-0.15, -0.1) is 0 Å². The number of nitrogens with zero attached hydrogens (tertiary/aromatic N) is 8. The van der Waals surface area contributed by atoms with Gasteiger partial charge in [0.1, 0.15) is 5.82 Å². The topological polar surface area (TPSA) is 96.0 Å². The fourth-order valence-corrected chi connectivity index (χ4v) is 4.25. The Hall–Kier alpha value is -3.63. The van der Waals surface area contributed by atoms with Gasteiger partial charge in [-0.25, -0.2) is 9.67 Å². The van der Waals surface area contributed by atoms with Gasteiger partial charge in [-0.05, 0) is 30.2 Å². The van der Waals surface area contributed by atoms with Crippen LogP contribution in [0.4, 0.5) is 5.82 Å². The summed E-state index contributed by atoms with van der Waals surface area (Å²) >= 11 is 0. The summed E-state index contributed by atoms with van der Waals surface area (Å²) in [6.45, 7) is 4.15. The molecule has 2 aliphatic rings. The number of rotatable bonds is 4. The van der Waals surface area contributed by atoms with Gasteiger partial charge in [0.05, 0.1) is 32.1 Å². The molecule has 0 atom stereocenters. The summed E-state index contributed by atoms with van der Waals surface area (Å²) in [5.41, 5.74) is 4.51. The monoisotopic (exact) mass is 444 g/mol. The van der Waals surface area contributed by atoms with Gasteiger partial charge in [-0.1, -0.05) is 6.08 Å². The highest BCUT2D eigenvalue weighted by atomic mass is 16.5. The number of imidazole rings is 1. The molecule has 6 rings (SSSR count). The third-order valence-electron chi connectivity index (χ3n) is 6.00. The number of hydrogen-bond donors (Lipinski definition) is 0. The lowest BCUT2D eigenvalue weighted by Crippen LogP contribution is -2.37. The standard InChI is InChI=1S/C23H24N8O2/c1-29-20(16-5-11-32-12-6-16)25-19-21(29)26-23(27-22(19)30-9-13-33-14-10-30)31-8-4-18(28-31)17-3-2-7-24-15-17/h2-5,7-8,15H,6,9-14H2,1H3. The Morgan fingerprint density at radius 3 is 2.70 bits per heavy atom. The van der Waals surface area contributed by atoms with Crippen LogP contribution in [0, 0.1) is 0 Å². The highest BCUT2D eigenvalue weighted by Gasteiger charge is 2.24. The van der Waals surface area contributed by atoms with Gasteiger partial charge in [0.15, 0.2) is 17.0 Å². The molecule has 0 N–H and O–H groups in total. The fraction of sp³-hybridized carbons (Fsp3) is 0.348. The molecule has 0 radical (unpaired) electrons. The Balaban J connectivity index is 1.49. The molecule has 10 nitrogen and oxygen atoms in total. The second-order valence-electron chi connectivity index (χ2n) is 8.05. The molecule has 1 saturated heterocycles. The third-order valence-corrected chi connectivity index (χ3v) is 6.00. The van der Waals surface area contributed by atoms with Gasteiger partial charge in [0.25, 0.3) is 5.95 Å². The zero-order chi connectivity index (χ0) is 22.2. The number of fused-ring (bicyclic) bond motifs is 1. The molecule has 0 spiro atoms. The van der Waals surface area contributed by atoms with E-state index in [4.69, 9.17) is 29.5 Å². The van der Waals surface area contributed by atoms with E-state index in [9.17, 15) is 0 Å². The molecule has 0 bridgehead atoms. The first-order valence-corrected chi connectivity index (χ1v) is 11.1. The van der Waals surface area contributed by atoms with Crippen LogP contribution in [0.3, 0.4) is 0 Å². The summed E-state index contributed by atoms with van der Waals surface area (Å²) < 4.78 is 14.8. The van der Waals surface area contributed by atoms with Crippen LogP contribution in [-0.4, -0.2) is 73.8 Å². The van der Waals surface area contributed by atoms with Crippen LogP contribution in [0.15, 0.2) is 42.9 Å². The minimum Gasteiger partial charge on any atom is -0.378 e. The van der Waals surface area contributed by atoms with E-state index in [1.54, 1.807) is 17.1 Å². The summed E-state index contributed by atoms with van der Waals surface area (Å²) in [7, 11) is 2.00. The summed E-state index contributed by atoms with van der Waals surface area (Å²) in [6.07, 6.45) is 8.36. The average Bonchev–Trinajstić information content (AvgIpc) is 3.51. The Labute approximate surface area is 190 Å². The molecule has 168 valence electrons. The van der Waals surface area contributed by atoms with Gasteiger partial charge >= 0.3 is 0 Å². The van der Waals surface area contributed by atoms with Gasteiger partial charge in [0.2, 0.25) is 0 Å². The Kier molecular flexibility index (Phi) is 5.08. The Morgan fingerprint density at radius 2 is 1.91 bits per heavy atom. The summed E-state index contributed by atoms with van der Waals surface area (Å²) in [4.78, 5) is 21.2. The van der Waals surface area contributed by atoms with Crippen molar-refractivity contribution in [1.29, 1.82) is 0 Å². The molecule has 6 heterocycles. The van der Waals surface area contributed by atoms with Crippen molar-refractivity contribution in [2.75, 3.05) is 44.4 Å². The summed E-state index contributed by atoms with van der Waals surface area (Å²) in [5, 5.41) is 4.72. The fourth-order valence-electron chi connectivity index (χ4n) is 4.25. The van der Waals surface area contributed by atoms with Crippen LogP contribution in [0.2, 0.25) is 0 Å². The smallest absolute Gasteiger partial charge is 0.254 e. The van der Waals surface area contributed by atoms with E-state index in [2.05, 4.69) is 16.0 Å². The molecule has 4 aromatic heterocycles. The normalized spacial score (nSPS) is 16.9. The Bertz CT molecular complexity index is 1320. The van der Waals surface area contributed by atoms with Crippen molar-refractivity contribution in [2.24, 2.45) is 7.05 Å². The second kappa shape index (κ2) is 8.38. The molecular weight excluding hydrogens is 420 g/mol. The number of ether oxygens (including phenoxy) is 2. The molecule has 0 unspecified atom stereocenters. The number of aromatic nitrogens is 7.